The van der Waals surface area contributed by atoms with Crippen LogP contribution in [0.3, 0.4) is 0 Å². The van der Waals surface area contributed by atoms with Crippen LogP contribution in [0.4, 0.5) is 0 Å². The zero-order chi connectivity index (χ0) is 20.4. The van der Waals surface area contributed by atoms with Crippen LogP contribution in [0.15, 0.2) is 41.3 Å². The summed E-state index contributed by atoms with van der Waals surface area (Å²) in [5, 5.41) is 5.67. The van der Waals surface area contributed by atoms with Crippen LogP contribution in [0, 0.1) is 0 Å². The highest BCUT2D eigenvalue weighted by Crippen LogP contribution is 2.25. The van der Waals surface area contributed by atoms with Crippen molar-refractivity contribution in [1.29, 1.82) is 0 Å². The Hall–Kier alpha value is -1.67. The molecule has 29 heavy (non-hydrogen) atoms. The van der Waals surface area contributed by atoms with Gasteiger partial charge in [0.2, 0.25) is 15.9 Å². The Morgan fingerprint density at radius 1 is 1.03 bits per heavy atom. The summed E-state index contributed by atoms with van der Waals surface area (Å²) in [4.78, 5) is 14.8. The lowest BCUT2D eigenvalue weighted by Gasteiger charge is -2.34. The number of benzene rings is 2. The van der Waals surface area contributed by atoms with Gasteiger partial charge in [-0.2, -0.15) is 4.31 Å². The van der Waals surface area contributed by atoms with Crippen LogP contribution in [0.2, 0.25) is 5.02 Å². The number of rotatable bonds is 4. The monoisotopic (exact) mass is 435 g/mol. The second-order valence-electron chi connectivity index (χ2n) is 7.81. The fourth-order valence-corrected chi connectivity index (χ4v) is 5.84. The maximum atomic E-state index is 13.2. The van der Waals surface area contributed by atoms with E-state index in [4.69, 9.17) is 11.6 Å². The van der Waals surface area contributed by atoms with Crippen LogP contribution in [0.25, 0.3) is 10.8 Å². The molecule has 1 atom stereocenters. The van der Waals surface area contributed by atoms with Crippen molar-refractivity contribution in [3.63, 3.8) is 0 Å². The molecule has 2 aliphatic rings. The van der Waals surface area contributed by atoms with E-state index in [1.54, 1.807) is 24.3 Å². The largest absolute Gasteiger partial charge is 0.343 e. The molecule has 2 heterocycles. The van der Waals surface area contributed by atoms with Gasteiger partial charge in [-0.25, -0.2) is 8.42 Å². The van der Waals surface area contributed by atoms with Crippen LogP contribution in [0.1, 0.15) is 25.7 Å². The molecule has 8 heteroatoms. The summed E-state index contributed by atoms with van der Waals surface area (Å²) >= 11 is 6.02. The number of piperazine rings is 1. The number of likely N-dealkylation sites (tertiary alicyclic amines) is 1. The number of fused-ring (bicyclic) bond motifs is 1. The van der Waals surface area contributed by atoms with E-state index in [9.17, 15) is 13.2 Å². The lowest BCUT2D eigenvalue weighted by atomic mass is 10.1. The third-order valence-corrected chi connectivity index (χ3v) is 7.86. The van der Waals surface area contributed by atoms with Gasteiger partial charge >= 0.3 is 0 Å². The Morgan fingerprint density at radius 2 is 1.76 bits per heavy atom. The smallest absolute Gasteiger partial charge is 0.243 e. The molecule has 0 saturated carbocycles. The molecular formula is C21H26ClN3O3S. The van der Waals surface area contributed by atoms with E-state index in [-0.39, 0.29) is 16.8 Å². The molecule has 156 valence electrons. The van der Waals surface area contributed by atoms with Gasteiger partial charge in [0, 0.05) is 50.2 Å². The normalized spacial score (nSPS) is 21.4. The standard InChI is InChI=1S/C21H26ClN3O3S/c22-18-6-4-17-13-20(7-5-16(17)12-18)29(27,28)25-11-8-23-19(15-25)14-21(26)24-9-2-1-3-10-24/h4-7,12-13,19,23H,1-3,8-11,14-15H2. The van der Waals surface area contributed by atoms with Gasteiger partial charge < -0.3 is 10.2 Å². The van der Waals surface area contributed by atoms with Crippen molar-refractivity contribution in [2.45, 2.75) is 36.6 Å². The van der Waals surface area contributed by atoms with Crippen LogP contribution in [0.5, 0.6) is 0 Å². The van der Waals surface area contributed by atoms with Gasteiger partial charge in [0.05, 0.1) is 4.90 Å². The number of carbonyl (C=O) groups is 1. The number of hydrogen-bond acceptors (Lipinski definition) is 4. The number of nitrogens with one attached hydrogen (secondary N) is 1. The lowest BCUT2D eigenvalue weighted by Crippen LogP contribution is -2.54. The first kappa shape index (κ1) is 20.6. The maximum absolute atomic E-state index is 13.2. The third-order valence-electron chi connectivity index (χ3n) is 5.76. The predicted octanol–water partition coefficient (Wildman–Crippen LogP) is 2.86. The predicted molar refractivity (Wildman–Crippen MR) is 115 cm³/mol. The molecule has 0 aromatic heterocycles. The second-order valence-corrected chi connectivity index (χ2v) is 10.2. The number of hydrogen-bond donors (Lipinski definition) is 1. The molecule has 1 N–H and O–H groups in total. The molecule has 0 radical (unpaired) electrons. The quantitative estimate of drug-likeness (QED) is 0.801. The van der Waals surface area contributed by atoms with Crippen molar-refractivity contribution in [3.05, 3.63) is 41.4 Å². The Balaban J connectivity index is 1.48. The highest BCUT2D eigenvalue weighted by Gasteiger charge is 2.32. The van der Waals surface area contributed by atoms with E-state index >= 15 is 0 Å². The summed E-state index contributed by atoms with van der Waals surface area (Å²) in [5.41, 5.74) is 0. The number of carbonyl (C=O) groups excluding carboxylic acids is 1. The molecule has 6 nitrogen and oxygen atoms in total. The average Bonchev–Trinajstić information content (AvgIpc) is 2.74. The summed E-state index contributed by atoms with van der Waals surface area (Å²) in [6.45, 7) is 2.87. The topological polar surface area (TPSA) is 69.7 Å². The summed E-state index contributed by atoms with van der Waals surface area (Å²) in [5.74, 6) is 0.115. The van der Waals surface area contributed by atoms with Gasteiger partial charge in [-0.05, 0) is 54.3 Å². The van der Waals surface area contributed by atoms with Crippen molar-refractivity contribution < 1.29 is 13.2 Å². The summed E-state index contributed by atoms with van der Waals surface area (Å²) < 4.78 is 27.9. The fraction of sp³-hybridized carbons (Fsp3) is 0.476. The number of nitrogens with zero attached hydrogens (tertiary/aromatic N) is 2. The van der Waals surface area contributed by atoms with E-state index in [0.717, 1.165) is 36.7 Å². The molecule has 2 aromatic carbocycles. The third kappa shape index (κ3) is 4.58. The van der Waals surface area contributed by atoms with E-state index in [0.29, 0.717) is 31.1 Å². The van der Waals surface area contributed by atoms with E-state index in [2.05, 4.69) is 5.32 Å². The van der Waals surface area contributed by atoms with Gasteiger partial charge in [0.1, 0.15) is 0 Å². The zero-order valence-corrected chi connectivity index (χ0v) is 17.9. The lowest BCUT2D eigenvalue weighted by molar-refractivity contribution is -0.132. The highest BCUT2D eigenvalue weighted by molar-refractivity contribution is 7.89. The van der Waals surface area contributed by atoms with E-state index in [1.165, 1.54) is 10.7 Å². The Kier molecular flexibility index (Phi) is 6.11. The second kappa shape index (κ2) is 8.60. The molecule has 2 aliphatic heterocycles. The number of piperidine rings is 1. The van der Waals surface area contributed by atoms with Gasteiger partial charge in [0.25, 0.3) is 0 Å². The van der Waals surface area contributed by atoms with Crippen LogP contribution in [-0.2, 0) is 14.8 Å². The molecule has 0 spiro atoms. The minimum absolute atomic E-state index is 0.115. The van der Waals surface area contributed by atoms with Crippen molar-refractivity contribution >= 4 is 38.3 Å². The molecular weight excluding hydrogens is 410 g/mol. The van der Waals surface area contributed by atoms with Gasteiger partial charge in [-0.1, -0.05) is 23.7 Å². The van der Waals surface area contributed by atoms with E-state index in [1.807, 2.05) is 17.0 Å². The molecule has 2 aromatic rings. The summed E-state index contributed by atoms with van der Waals surface area (Å²) in [6.07, 6.45) is 3.62. The minimum atomic E-state index is -3.62. The number of halogens is 1. The maximum Gasteiger partial charge on any atom is 0.243 e. The van der Waals surface area contributed by atoms with Crippen molar-refractivity contribution in [1.82, 2.24) is 14.5 Å². The number of amides is 1. The summed E-state index contributed by atoms with van der Waals surface area (Å²) in [6, 6.07) is 10.4. The molecule has 4 rings (SSSR count). The van der Waals surface area contributed by atoms with Crippen molar-refractivity contribution in [2.75, 3.05) is 32.7 Å². The molecule has 1 unspecified atom stereocenters. The molecule has 2 saturated heterocycles. The average molecular weight is 436 g/mol. The molecule has 0 aliphatic carbocycles. The Bertz CT molecular complexity index is 1010. The van der Waals surface area contributed by atoms with Crippen LogP contribution in [-0.4, -0.2) is 62.3 Å². The van der Waals surface area contributed by atoms with Gasteiger partial charge in [0.15, 0.2) is 0 Å². The van der Waals surface area contributed by atoms with Gasteiger partial charge in [-0.15, -0.1) is 0 Å². The molecule has 1 amide bonds. The molecule has 0 bridgehead atoms. The fourth-order valence-electron chi connectivity index (χ4n) is 4.14. The SMILES string of the molecule is O=C(CC1CN(S(=O)(=O)c2ccc3cc(Cl)ccc3c2)CCN1)N1CCCCC1. The molecule has 2 fully saturated rings. The minimum Gasteiger partial charge on any atom is -0.343 e. The Morgan fingerprint density at radius 3 is 2.55 bits per heavy atom. The zero-order valence-electron chi connectivity index (χ0n) is 16.3. The summed E-state index contributed by atoms with van der Waals surface area (Å²) in [7, 11) is -3.62. The van der Waals surface area contributed by atoms with Gasteiger partial charge in [-0.3, -0.25) is 4.79 Å². The first-order valence-electron chi connectivity index (χ1n) is 10.1. The van der Waals surface area contributed by atoms with E-state index < -0.39 is 10.0 Å². The van der Waals surface area contributed by atoms with Crippen molar-refractivity contribution in [2.24, 2.45) is 0 Å². The first-order valence-corrected chi connectivity index (χ1v) is 12.0. The Labute approximate surface area is 176 Å². The van der Waals surface area contributed by atoms with Crippen LogP contribution < -0.4 is 5.32 Å². The van der Waals surface area contributed by atoms with Crippen molar-refractivity contribution in [3.8, 4) is 0 Å². The highest BCUT2D eigenvalue weighted by atomic mass is 35.5. The number of sulfonamides is 1. The van der Waals surface area contributed by atoms with Crippen LogP contribution >= 0.6 is 11.6 Å². The first-order chi connectivity index (χ1) is 13.9.